The Morgan fingerprint density at radius 2 is 1.84 bits per heavy atom. The molecule has 1 aromatic carbocycles. The molecule has 0 saturated carbocycles. The van der Waals surface area contributed by atoms with E-state index in [2.05, 4.69) is 25.6 Å². The van der Waals surface area contributed by atoms with Crippen LogP contribution in [0.5, 0.6) is 0 Å². The van der Waals surface area contributed by atoms with Gasteiger partial charge in [0.1, 0.15) is 0 Å². The molecule has 0 aliphatic carbocycles. The van der Waals surface area contributed by atoms with Crippen LogP contribution in [0.4, 0.5) is 0 Å². The maximum Gasteiger partial charge on any atom is 0.276 e. The Labute approximate surface area is 142 Å². The van der Waals surface area contributed by atoms with Crippen LogP contribution in [0.2, 0.25) is 0 Å². The minimum atomic E-state index is -0.135. The predicted molar refractivity (Wildman–Crippen MR) is 86.7 cm³/mol. The molecule has 2 atom stereocenters. The highest BCUT2D eigenvalue weighted by atomic mass is 16.2. The second-order valence-corrected chi connectivity index (χ2v) is 6.45. The Hall–Kier alpha value is -3.23. The SMILES string of the molecule is O=C(c1cn[nH]n1)N1C[C@@H]2C[C@H]1CN2C(=O)c1cccc2cn[nH]c12. The first-order valence-electron chi connectivity index (χ1n) is 8.12. The highest BCUT2D eigenvalue weighted by molar-refractivity contribution is 6.05. The zero-order chi connectivity index (χ0) is 17.0. The average Bonchev–Trinajstić information content (AvgIpc) is 3.43. The lowest BCUT2D eigenvalue weighted by molar-refractivity contribution is 0.0524. The Bertz CT molecular complexity index is 964. The fraction of sp³-hybridized carbons (Fsp3) is 0.312. The van der Waals surface area contributed by atoms with E-state index in [1.54, 1.807) is 11.1 Å². The van der Waals surface area contributed by atoms with E-state index in [0.717, 1.165) is 17.3 Å². The number of benzene rings is 1. The molecule has 25 heavy (non-hydrogen) atoms. The maximum atomic E-state index is 13.0. The van der Waals surface area contributed by atoms with E-state index in [0.29, 0.717) is 24.3 Å². The Morgan fingerprint density at radius 3 is 2.56 bits per heavy atom. The zero-order valence-corrected chi connectivity index (χ0v) is 13.2. The van der Waals surface area contributed by atoms with E-state index < -0.39 is 0 Å². The number of para-hydroxylation sites is 1. The zero-order valence-electron chi connectivity index (χ0n) is 13.2. The largest absolute Gasteiger partial charge is 0.332 e. The third kappa shape index (κ3) is 2.05. The standard InChI is InChI=1S/C16H15N7O2/c24-15(12-3-1-2-9-5-17-20-14(9)12)22-7-11-4-10(22)8-23(11)16(25)13-6-18-21-19-13/h1-3,5-6,10-11H,4,7-8H2,(H,17,20)(H,18,19,21)/t10-,11-/m0/s1. The lowest BCUT2D eigenvalue weighted by Crippen LogP contribution is -2.50. The van der Waals surface area contributed by atoms with Crippen molar-refractivity contribution in [3.05, 3.63) is 41.9 Å². The number of aromatic nitrogens is 5. The van der Waals surface area contributed by atoms with Gasteiger partial charge in [0.2, 0.25) is 0 Å². The highest BCUT2D eigenvalue weighted by Gasteiger charge is 2.47. The summed E-state index contributed by atoms with van der Waals surface area (Å²) in [6.45, 7) is 1.07. The van der Waals surface area contributed by atoms with Crippen LogP contribution >= 0.6 is 0 Å². The molecule has 0 unspecified atom stereocenters. The third-order valence-electron chi connectivity index (χ3n) is 5.10. The van der Waals surface area contributed by atoms with Crippen molar-refractivity contribution < 1.29 is 9.59 Å². The van der Waals surface area contributed by atoms with Crippen LogP contribution in [0.25, 0.3) is 10.9 Å². The fourth-order valence-electron chi connectivity index (χ4n) is 3.92. The normalized spacial score (nSPS) is 22.1. The quantitative estimate of drug-likeness (QED) is 0.704. The maximum absolute atomic E-state index is 13.0. The minimum Gasteiger partial charge on any atom is -0.332 e. The van der Waals surface area contributed by atoms with Crippen LogP contribution in [0.15, 0.2) is 30.6 Å². The molecule has 4 heterocycles. The van der Waals surface area contributed by atoms with Gasteiger partial charge in [0.25, 0.3) is 11.8 Å². The van der Waals surface area contributed by atoms with Gasteiger partial charge < -0.3 is 9.80 Å². The molecular formula is C16H15N7O2. The molecule has 2 fully saturated rings. The number of piperazine rings is 1. The molecule has 2 bridgehead atoms. The van der Waals surface area contributed by atoms with Gasteiger partial charge in [0, 0.05) is 18.5 Å². The average molecular weight is 337 g/mol. The van der Waals surface area contributed by atoms with Crippen molar-refractivity contribution >= 4 is 22.7 Å². The molecule has 9 nitrogen and oxygen atoms in total. The topological polar surface area (TPSA) is 111 Å². The number of fused-ring (bicyclic) bond motifs is 3. The van der Waals surface area contributed by atoms with E-state index >= 15 is 0 Å². The predicted octanol–water partition coefficient (Wildman–Crippen LogP) is 0.420. The summed E-state index contributed by atoms with van der Waals surface area (Å²) in [6, 6.07) is 5.66. The van der Waals surface area contributed by atoms with Crippen molar-refractivity contribution in [2.45, 2.75) is 18.5 Å². The number of nitrogens with one attached hydrogen (secondary N) is 2. The van der Waals surface area contributed by atoms with Crippen LogP contribution in [0.3, 0.4) is 0 Å². The van der Waals surface area contributed by atoms with Gasteiger partial charge in [0.15, 0.2) is 5.69 Å². The van der Waals surface area contributed by atoms with Gasteiger partial charge in [0.05, 0.1) is 35.6 Å². The van der Waals surface area contributed by atoms with Gasteiger partial charge in [-0.2, -0.15) is 20.5 Å². The number of nitrogens with zero attached hydrogens (tertiary/aromatic N) is 5. The molecule has 9 heteroatoms. The van der Waals surface area contributed by atoms with Gasteiger partial charge in [-0.25, -0.2) is 0 Å². The first-order valence-corrected chi connectivity index (χ1v) is 8.12. The van der Waals surface area contributed by atoms with E-state index in [1.165, 1.54) is 6.20 Å². The van der Waals surface area contributed by atoms with Crippen molar-refractivity contribution in [3.8, 4) is 0 Å². The van der Waals surface area contributed by atoms with Crippen molar-refractivity contribution in [2.75, 3.05) is 13.1 Å². The summed E-state index contributed by atoms with van der Waals surface area (Å²) in [5.41, 5.74) is 1.69. The van der Waals surface area contributed by atoms with E-state index in [9.17, 15) is 9.59 Å². The van der Waals surface area contributed by atoms with Gasteiger partial charge >= 0.3 is 0 Å². The number of aromatic amines is 2. The second-order valence-electron chi connectivity index (χ2n) is 6.45. The molecule has 0 spiro atoms. The molecule has 2 aliphatic rings. The minimum absolute atomic E-state index is 0.0177. The number of carbonyl (C=O) groups is 2. The summed E-state index contributed by atoms with van der Waals surface area (Å²) in [5.74, 6) is -0.153. The van der Waals surface area contributed by atoms with Crippen LogP contribution in [-0.4, -0.2) is 72.4 Å². The molecule has 2 N–H and O–H groups in total. The van der Waals surface area contributed by atoms with Crippen molar-refractivity contribution in [2.24, 2.45) is 0 Å². The monoisotopic (exact) mass is 337 g/mol. The van der Waals surface area contributed by atoms with Crippen LogP contribution in [0, 0.1) is 0 Å². The summed E-state index contributed by atoms with van der Waals surface area (Å²) in [4.78, 5) is 29.1. The summed E-state index contributed by atoms with van der Waals surface area (Å²) in [5, 5.41) is 17.8. The number of hydrogen-bond acceptors (Lipinski definition) is 5. The summed E-state index contributed by atoms with van der Waals surface area (Å²) in [6.07, 6.45) is 3.94. The molecule has 3 aromatic rings. The molecule has 2 aromatic heterocycles. The first-order chi connectivity index (χ1) is 12.2. The molecule has 0 radical (unpaired) electrons. The second kappa shape index (κ2) is 5.13. The van der Waals surface area contributed by atoms with Crippen molar-refractivity contribution in [3.63, 3.8) is 0 Å². The van der Waals surface area contributed by atoms with Gasteiger partial charge in [-0.15, -0.1) is 0 Å². The Morgan fingerprint density at radius 1 is 1.04 bits per heavy atom. The first kappa shape index (κ1) is 14.1. The number of H-pyrrole nitrogens is 2. The molecule has 2 aliphatic heterocycles. The highest BCUT2D eigenvalue weighted by Crippen LogP contribution is 2.33. The number of rotatable bonds is 2. The molecule has 5 rings (SSSR count). The lowest BCUT2D eigenvalue weighted by atomic mass is 10.1. The summed E-state index contributed by atoms with van der Waals surface area (Å²) < 4.78 is 0. The van der Waals surface area contributed by atoms with E-state index in [1.807, 2.05) is 23.1 Å². The van der Waals surface area contributed by atoms with Gasteiger partial charge in [-0.05, 0) is 12.5 Å². The van der Waals surface area contributed by atoms with E-state index in [4.69, 9.17) is 0 Å². The molecule has 126 valence electrons. The Kier molecular flexibility index (Phi) is 2.90. The number of hydrogen-bond donors (Lipinski definition) is 2. The van der Waals surface area contributed by atoms with E-state index in [-0.39, 0.29) is 23.9 Å². The van der Waals surface area contributed by atoms with Crippen LogP contribution in [-0.2, 0) is 0 Å². The van der Waals surface area contributed by atoms with Gasteiger partial charge in [-0.3, -0.25) is 14.7 Å². The summed E-state index contributed by atoms with van der Waals surface area (Å²) in [7, 11) is 0. The lowest BCUT2D eigenvalue weighted by Gasteiger charge is -2.34. The van der Waals surface area contributed by atoms with Crippen LogP contribution < -0.4 is 0 Å². The number of likely N-dealkylation sites (tertiary alicyclic amines) is 2. The number of amides is 2. The smallest absolute Gasteiger partial charge is 0.276 e. The fourth-order valence-corrected chi connectivity index (χ4v) is 3.92. The Balaban J connectivity index is 1.38. The molecule has 2 saturated heterocycles. The van der Waals surface area contributed by atoms with Crippen molar-refractivity contribution in [1.82, 2.24) is 35.4 Å². The molecular weight excluding hydrogens is 322 g/mol. The number of carbonyl (C=O) groups excluding carboxylic acids is 2. The molecule has 2 amide bonds. The summed E-state index contributed by atoms with van der Waals surface area (Å²) >= 11 is 0. The van der Waals surface area contributed by atoms with Gasteiger partial charge in [-0.1, -0.05) is 12.1 Å². The van der Waals surface area contributed by atoms with Crippen molar-refractivity contribution in [1.29, 1.82) is 0 Å². The third-order valence-corrected chi connectivity index (χ3v) is 5.10. The van der Waals surface area contributed by atoms with Crippen LogP contribution in [0.1, 0.15) is 27.3 Å².